The summed E-state index contributed by atoms with van der Waals surface area (Å²) in [6, 6.07) is 8.64. The summed E-state index contributed by atoms with van der Waals surface area (Å²) in [5.41, 5.74) is 0.229. The quantitative estimate of drug-likeness (QED) is 0.768. The minimum Gasteiger partial charge on any atom is -0.495 e. The second-order valence-electron chi connectivity index (χ2n) is 4.82. The number of sulfonamides is 1. The summed E-state index contributed by atoms with van der Waals surface area (Å²) in [6.45, 7) is -0.311. The molecular formula is C15H14Cl2N2O5S. The maximum absolute atomic E-state index is 11.9. The molecule has 7 nitrogen and oxygen atoms in total. The first kappa shape index (κ1) is 19.3. The van der Waals surface area contributed by atoms with Crippen molar-refractivity contribution in [1.82, 2.24) is 0 Å². The van der Waals surface area contributed by atoms with Crippen molar-refractivity contribution in [2.75, 3.05) is 19.0 Å². The Morgan fingerprint density at radius 1 is 1.16 bits per heavy atom. The molecule has 0 unspecified atom stereocenters. The predicted octanol–water partition coefficient (Wildman–Crippen LogP) is 2.67. The maximum atomic E-state index is 11.9. The molecule has 0 aromatic heterocycles. The molecule has 2 rings (SSSR count). The molecule has 2 aromatic carbocycles. The molecule has 0 aliphatic carbocycles. The van der Waals surface area contributed by atoms with Gasteiger partial charge in [-0.2, -0.15) is 0 Å². The minimum atomic E-state index is -4.00. The van der Waals surface area contributed by atoms with Crippen molar-refractivity contribution in [2.45, 2.75) is 4.90 Å². The molecule has 0 saturated carbocycles. The zero-order valence-corrected chi connectivity index (χ0v) is 15.3. The van der Waals surface area contributed by atoms with E-state index in [9.17, 15) is 13.2 Å². The summed E-state index contributed by atoms with van der Waals surface area (Å²) < 4.78 is 33.3. The topological polar surface area (TPSA) is 108 Å². The van der Waals surface area contributed by atoms with E-state index in [0.717, 1.165) is 0 Å². The van der Waals surface area contributed by atoms with Gasteiger partial charge in [0, 0.05) is 11.8 Å². The summed E-state index contributed by atoms with van der Waals surface area (Å²) in [5, 5.41) is 8.30. The number of ether oxygens (including phenoxy) is 2. The van der Waals surface area contributed by atoms with Crippen molar-refractivity contribution in [3.05, 3.63) is 46.4 Å². The van der Waals surface area contributed by atoms with Crippen LogP contribution < -0.4 is 19.9 Å². The van der Waals surface area contributed by atoms with Crippen LogP contribution in [0, 0.1) is 0 Å². The molecule has 0 heterocycles. The van der Waals surface area contributed by atoms with Gasteiger partial charge in [-0.15, -0.1) is 0 Å². The van der Waals surface area contributed by atoms with Crippen molar-refractivity contribution < 1.29 is 22.7 Å². The Labute approximate surface area is 154 Å². The van der Waals surface area contributed by atoms with Crippen LogP contribution in [0.1, 0.15) is 0 Å². The molecule has 0 radical (unpaired) electrons. The van der Waals surface area contributed by atoms with Gasteiger partial charge in [-0.3, -0.25) is 4.79 Å². The van der Waals surface area contributed by atoms with E-state index >= 15 is 0 Å². The molecule has 0 fully saturated rings. The van der Waals surface area contributed by atoms with E-state index in [1.807, 2.05) is 0 Å². The lowest BCUT2D eigenvalue weighted by Gasteiger charge is -2.11. The minimum absolute atomic E-state index is 0.0764. The second kappa shape index (κ2) is 7.92. The number of halogens is 2. The van der Waals surface area contributed by atoms with E-state index in [-0.39, 0.29) is 22.9 Å². The van der Waals surface area contributed by atoms with Gasteiger partial charge in [-0.05, 0) is 30.3 Å². The Morgan fingerprint density at radius 2 is 1.88 bits per heavy atom. The number of methoxy groups -OCH3 is 1. The third-order valence-corrected chi connectivity index (χ3v) is 4.69. The van der Waals surface area contributed by atoms with Gasteiger partial charge < -0.3 is 14.8 Å². The van der Waals surface area contributed by atoms with E-state index < -0.39 is 15.9 Å². The van der Waals surface area contributed by atoms with E-state index in [2.05, 4.69) is 5.32 Å². The van der Waals surface area contributed by atoms with Gasteiger partial charge in [0.05, 0.1) is 17.2 Å². The maximum Gasteiger partial charge on any atom is 0.262 e. The number of nitrogens with one attached hydrogen (secondary N) is 1. The number of hydrogen-bond donors (Lipinski definition) is 2. The average molecular weight is 405 g/mol. The fourth-order valence-corrected chi connectivity index (χ4v) is 2.90. The van der Waals surface area contributed by atoms with Crippen molar-refractivity contribution in [1.29, 1.82) is 0 Å². The summed E-state index contributed by atoms with van der Waals surface area (Å²) in [7, 11) is -2.69. The molecule has 0 aliphatic heterocycles. The summed E-state index contributed by atoms with van der Waals surface area (Å²) in [4.78, 5) is 11.7. The lowest BCUT2D eigenvalue weighted by molar-refractivity contribution is -0.118. The SMILES string of the molecule is COc1ccc(NC(=O)COc2ccc(Cl)c(Cl)c2)cc1S(N)(=O)=O. The standard InChI is InChI=1S/C15H14Cl2N2O5S/c1-23-13-5-2-9(6-14(13)25(18,21)22)19-15(20)8-24-10-3-4-11(16)12(17)7-10/h2-7H,8H2,1H3,(H,19,20)(H2,18,21,22). The van der Waals surface area contributed by atoms with Crippen LogP contribution in [-0.4, -0.2) is 28.0 Å². The highest BCUT2D eigenvalue weighted by Gasteiger charge is 2.16. The van der Waals surface area contributed by atoms with E-state index in [4.69, 9.17) is 37.8 Å². The van der Waals surface area contributed by atoms with E-state index in [0.29, 0.717) is 15.8 Å². The molecule has 2 aromatic rings. The zero-order valence-electron chi connectivity index (χ0n) is 13.0. The number of anilines is 1. The molecule has 3 N–H and O–H groups in total. The molecule has 0 saturated heterocycles. The van der Waals surface area contributed by atoms with Gasteiger partial charge in [0.1, 0.15) is 16.4 Å². The highest BCUT2D eigenvalue weighted by molar-refractivity contribution is 7.89. The van der Waals surface area contributed by atoms with Crippen LogP contribution in [0.3, 0.4) is 0 Å². The van der Waals surface area contributed by atoms with E-state index in [1.54, 1.807) is 12.1 Å². The smallest absolute Gasteiger partial charge is 0.262 e. The normalized spacial score (nSPS) is 11.0. The third kappa shape index (κ3) is 5.23. The van der Waals surface area contributed by atoms with Crippen LogP contribution in [0.5, 0.6) is 11.5 Å². The predicted molar refractivity (Wildman–Crippen MR) is 95.0 cm³/mol. The van der Waals surface area contributed by atoms with Gasteiger partial charge >= 0.3 is 0 Å². The number of nitrogens with two attached hydrogens (primary N) is 1. The Kier molecular flexibility index (Phi) is 6.12. The number of benzene rings is 2. The van der Waals surface area contributed by atoms with Gasteiger partial charge in [0.15, 0.2) is 6.61 Å². The first-order valence-corrected chi connectivity index (χ1v) is 9.09. The highest BCUT2D eigenvalue weighted by atomic mass is 35.5. The van der Waals surface area contributed by atoms with Crippen LogP contribution >= 0.6 is 23.2 Å². The third-order valence-electron chi connectivity index (χ3n) is 3.01. The van der Waals surface area contributed by atoms with Crippen molar-refractivity contribution in [3.63, 3.8) is 0 Å². The van der Waals surface area contributed by atoms with Gasteiger partial charge in [0.2, 0.25) is 10.0 Å². The summed E-state index contributed by atoms with van der Waals surface area (Å²) >= 11 is 11.6. The highest BCUT2D eigenvalue weighted by Crippen LogP contribution is 2.27. The van der Waals surface area contributed by atoms with Crippen LogP contribution in [0.2, 0.25) is 10.0 Å². The molecule has 0 aliphatic rings. The molecular weight excluding hydrogens is 391 g/mol. The number of carbonyl (C=O) groups excluding carboxylic acids is 1. The van der Waals surface area contributed by atoms with Gasteiger partial charge in [-0.1, -0.05) is 23.2 Å². The first-order chi connectivity index (χ1) is 11.7. The Morgan fingerprint density at radius 3 is 2.48 bits per heavy atom. The average Bonchev–Trinajstić information content (AvgIpc) is 2.55. The molecule has 0 atom stereocenters. The summed E-state index contributed by atoms with van der Waals surface area (Å²) in [6.07, 6.45) is 0. The van der Waals surface area contributed by atoms with Crippen molar-refractivity contribution in [3.8, 4) is 11.5 Å². The fourth-order valence-electron chi connectivity index (χ4n) is 1.89. The van der Waals surface area contributed by atoms with Crippen LogP contribution in [0.4, 0.5) is 5.69 Å². The van der Waals surface area contributed by atoms with Crippen LogP contribution in [0.15, 0.2) is 41.3 Å². The molecule has 0 bridgehead atoms. The number of primary sulfonamides is 1. The molecule has 10 heteroatoms. The second-order valence-corrected chi connectivity index (χ2v) is 7.17. The Balaban J connectivity index is 2.06. The van der Waals surface area contributed by atoms with Crippen LogP contribution in [0.25, 0.3) is 0 Å². The van der Waals surface area contributed by atoms with Crippen molar-refractivity contribution >= 4 is 44.8 Å². The van der Waals surface area contributed by atoms with E-state index in [1.165, 1.54) is 31.4 Å². The Hall–Kier alpha value is -2.00. The first-order valence-electron chi connectivity index (χ1n) is 6.79. The number of rotatable bonds is 6. The zero-order chi connectivity index (χ0) is 18.6. The van der Waals surface area contributed by atoms with Crippen molar-refractivity contribution in [2.24, 2.45) is 5.14 Å². The molecule has 1 amide bonds. The molecule has 0 spiro atoms. The largest absolute Gasteiger partial charge is 0.495 e. The van der Waals surface area contributed by atoms with Gasteiger partial charge in [0.25, 0.3) is 5.91 Å². The molecule has 25 heavy (non-hydrogen) atoms. The summed E-state index contributed by atoms with van der Waals surface area (Å²) in [5.74, 6) is -0.0614. The Bertz CT molecular complexity index is 903. The lowest BCUT2D eigenvalue weighted by atomic mass is 10.3. The monoisotopic (exact) mass is 404 g/mol. The van der Waals surface area contributed by atoms with Gasteiger partial charge in [-0.25, -0.2) is 13.6 Å². The molecule has 134 valence electrons. The number of hydrogen-bond acceptors (Lipinski definition) is 5. The fraction of sp³-hybridized carbons (Fsp3) is 0.133. The number of carbonyl (C=O) groups is 1. The number of amides is 1. The lowest BCUT2D eigenvalue weighted by Crippen LogP contribution is -2.21. The van der Waals surface area contributed by atoms with Crippen LogP contribution in [-0.2, 0) is 14.8 Å².